The summed E-state index contributed by atoms with van der Waals surface area (Å²) in [7, 11) is 0. The van der Waals surface area contributed by atoms with Crippen molar-refractivity contribution in [3.05, 3.63) is 0 Å². The maximum atomic E-state index is 12.3. The highest BCUT2D eigenvalue weighted by molar-refractivity contribution is 5.02. The highest BCUT2D eigenvalue weighted by Gasteiger charge is 2.63. The van der Waals surface area contributed by atoms with Gasteiger partial charge < -0.3 is 25.2 Å². The van der Waals surface area contributed by atoms with Crippen LogP contribution < -0.4 is 0 Å². The molecule has 0 amide bonds. The minimum Gasteiger partial charge on any atom is -0.394 e. The highest BCUT2D eigenvalue weighted by atomic mass is 19.4. The second-order valence-electron chi connectivity index (χ2n) is 3.39. The smallest absolute Gasteiger partial charge is 0.394 e. The van der Waals surface area contributed by atoms with Crippen LogP contribution in [0.15, 0.2) is 0 Å². The first-order valence-corrected chi connectivity index (χ1v) is 4.11. The lowest BCUT2D eigenvalue weighted by Crippen LogP contribution is -2.68. The molecule has 1 heterocycles. The van der Waals surface area contributed by atoms with Gasteiger partial charge in [0.1, 0.15) is 18.3 Å². The molecule has 0 aromatic heterocycles. The Labute approximate surface area is 82.7 Å². The van der Waals surface area contributed by atoms with Crippen molar-refractivity contribution >= 4 is 0 Å². The lowest BCUT2D eigenvalue weighted by molar-refractivity contribution is -0.345. The molecule has 0 saturated carbocycles. The van der Waals surface area contributed by atoms with Crippen LogP contribution in [0.25, 0.3) is 0 Å². The summed E-state index contributed by atoms with van der Waals surface area (Å²) >= 11 is 0. The van der Waals surface area contributed by atoms with Crippen LogP contribution in [0, 0.1) is 0 Å². The molecule has 8 heteroatoms. The summed E-state index contributed by atoms with van der Waals surface area (Å²) in [6.45, 7) is -1.97. The summed E-state index contributed by atoms with van der Waals surface area (Å²) < 4.78 is 41.4. The average Bonchev–Trinajstić information content (AvgIpc) is 2.13. The van der Waals surface area contributed by atoms with Gasteiger partial charge in [0.25, 0.3) is 0 Å². The monoisotopic (exact) mass is 232 g/mol. The average molecular weight is 232 g/mol. The van der Waals surface area contributed by atoms with Gasteiger partial charge in [0.15, 0.2) is 0 Å². The molecule has 0 aliphatic carbocycles. The van der Waals surface area contributed by atoms with Crippen LogP contribution in [0.2, 0.25) is 0 Å². The van der Waals surface area contributed by atoms with Gasteiger partial charge in [-0.2, -0.15) is 13.2 Å². The largest absolute Gasteiger partial charge is 0.422 e. The zero-order valence-electron chi connectivity index (χ0n) is 7.48. The molecular weight excluding hydrogens is 221 g/mol. The molecular formula is C7H11F3O5. The van der Waals surface area contributed by atoms with E-state index in [1.807, 2.05) is 0 Å². The molecule has 0 bridgehead atoms. The van der Waals surface area contributed by atoms with Crippen molar-refractivity contribution in [1.29, 1.82) is 0 Å². The number of halogens is 3. The zero-order valence-corrected chi connectivity index (χ0v) is 7.48. The first kappa shape index (κ1) is 12.7. The lowest BCUT2D eigenvalue weighted by atomic mass is 9.87. The summed E-state index contributed by atoms with van der Waals surface area (Å²) in [5.41, 5.74) is -3.50. The lowest BCUT2D eigenvalue weighted by Gasteiger charge is -2.43. The van der Waals surface area contributed by atoms with Gasteiger partial charge in [0.2, 0.25) is 5.60 Å². The summed E-state index contributed by atoms with van der Waals surface area (Å²) in [6, 6.07) is 0. The van der Waals surface area contributed by atoms with Crippen LogP contribution in [-0.4, -0.2) is 63.7 Å². The number of alkyl halides is 3. The number of hydrogen-bond acceptors (Lipinski definition) is 5. The number of rotatable bonds is 1. The fourth-order valence-electron chi connectivity index (χ4n) is 1.31. The fourth-order valence-corrected chi connectivity index (χ4v) is 1.31. The first-order chi connectivity index (χ1) is 6.74. The molecule has 15 heavy (non-hydrogen) atoms. The van der Waals surface area contributed by atoms with Crippen molar-refractivity contribution in [3.63, 3.8) is 0 Å². The van der Waals surface area contributed by atoms with Gasteiger partial charge >= 0.3 is 6.18 Å². The topological polar surface area (TPSA) is 90.2 Å². The molecule has 5 nitrogen and oxygen atoms in total. The summed E-state index contributed by atoms with van der Waals surface area (Å²) in [5.74, 6) is 0. The minimum absolute atomic E-state index is 0.744. The molecule has 0 aromatic rings. The van der Waals surface area contributed by atoms with Crippen LogP contribution in [-0.2, 0) is 4.74 Å². The molecule has 0 aromatic carbocycles. The molecule has 1 saturated heterocycles. The summed E-state index contributed by atoms with van der Waals surface area (Å²) in [6.07, 6.45) is -10.9. The molecule has 4 atom stereocenters. The number of aliphatic hydroxyl groups is 4. The Hall–Kier alpha value is -0.410. The van der Waals surface area contributed by atoms with Gasteiger partial charge in [-0.05, 0) is 0 Å². The Morgan fingerprint density at radius 3 is 2.27 bits per heavy atom. The van der Waals surface area contributed by atoms with Crippen molar-refractivity contribution in [2.75, 3.05) is 13.2 Å². The molecule has 1 aliphatic rings. The van der Waals surface area contributed by atoms with Crippen molar-refractivity contribution in [1.82, 2.24) is 0 Å². The third-order valence-corrected chi connectivity index (χ3v) is 2.38. The Balaban J connectivity index is 2.89. The van der Waals surface area contributed by atoms with Gasteiger partial charge in [-0.3, -0.25) is 0 Å². The maximum Gasteiger partial charge on any atom is 0.422 e. The molecule has 1 rings (SSSR count). The Morgan fingerprint density at radius 2 is 1.87 bits per heavy atom. The molecule has 0 radical (unpaired) electrons. The predicted octanol–water partition coefficient (Wildman–Crippen LogP) is -1.61. The van der Waals surface area contributed by atoms with Crippen LogP contribution in [0.4, 0.5) is 13.2 Å². The van der Waals surface area contributed by atoms with Gasteiger partial charge in [-0.25, -0.2) is 0 Å². The van der Waals surface area contributed by atoms with Crippen molar-refractivity contribution in [2.45, 2.75) is 30.1 Å². The van der Waals surface area contributed by atoms with E-state index in [0.29, 0.717) is 0 Å². The highest BCUT2D eigenvalue weighted by Crippen LogP contribution is 2.38. The summed E-state index contributed by atoms with van der Waals surface area (Å²) in [4.78, 5) is 0. The van der Waals surface area contributed by atoms with E-state index >= 15 is 0 Å². The van der Waals surface area contributed by atoms with Crippen molar-refractivity contribution in [3.8, 4) is 0 Å². The Bertz CT molecular complexity index is 233. The van der Waals surface area contributed by atoms with Gasteiger partial charge in [0, 0.05) is 0 Å². The maximum absolute atomic E-state index is 12.3. The predicted molar refractivity (Wildman–Crippen MR) is 39.8 cm³/mol. The fraction of sp³-hybridized carbons (Fsp3) is 1.00. The van der Waals surface area contributed by atoms with Crippen LogP contribution >= 0.6 is 0 Å². The normalized spacial score (nSPS) is 43.0. The molecule has 90 valence electrons. The molecule has 4 unspecified atom stereocenters. The second-order valence-corrected chi connectivity index (χ2v) is 3.39. The quantitative estimate of drug-likeness (QED) is 0.437. The minimum atomic E-state index is -5.12. The van der Waals surface area contributed by atoms with E-state index < -0.39 is 43.3 Å². The van der Waals surface area contributed by atoms with E-state index in [4.69, 9.17) is 20.4 Å². The Kier molecular flexibility index (Phi) is 3.27. The van der Waals surface area contributed by atoms with E-state index in [0.717, 1.165) is 0 Å². The standard InChI is InChI=1S/C7H11F3O5/c8-7(9,10)6(14)2-15-3(1-11)4(12)5(6)13/h3-5,11-14H,1-2H2. The number of ether oxygens (including phenoxy) is 1. The molecule has 4 N–H and O–H groups in total. The number of aliphatic hydroxyl groups excluding tert-OH is 3. The van der Waals surface area contributed by atoms with Crippen molar-refractivity contribution < 1.29 is 38.3 Å². The molecule has 1 fully saturated rings. The van der Waals surface area contributed by atoms with Crippen LogP contribution in [0.3, 0.4) is 0 Å². The third kappa shape index (κ3) is 1.95. The van der Waals surface area contributed by atoms with E-state index in [9.17, 15) is 13.2 Å². The van der Waals surface area contributed by atoms with Gasteiger partial charge in [-0.1, -0.05) is 0 Å². The first-order valence-electron chi connectivity index (χ1n) is 4.11. The second kappa shape index (κ2) is 3.87. The van der Waals surface area contributed by atoms with Gasteiger partial charge in [-0.15, -0.1) is 0 Å². The number of hydrogen-bond donors (Lipinski definition) is 4. The van der Waals surface area contributed by atoms with Crippen molar-refractivity contribution in [2.24, 2.45) is 0 Å². The van der Waals surface area contributed by atoms with Crippen LogP contribution in [0.5, 0.6) is 0 Å². The SMILES string of the molecule is OCC1OCC(O)(C(F)(F)F)C(O)C1O. The molecule has 0 spiro atoms. The summed E-state index contributed by atoms with van der Waals surface area (Å²) in [5, 5.41) is 36.0. The third-order valence-electron chi connectivity index (χ3n) is 2.38. The van der Waals surface area contributed by atoms with E-state index in [-0.39, 0.29) is 0 Å². The van der Waals surface area contributed by atoms with E-state index in [1.54, 1.807) is 0 Å². The van der Waals surface area contributed by atoms with Crippen LogP contribution in [0.1, 0.15) is 0 Å². The zero-order chi connectivity index (χ0) is 11.9. The molecule has 1 aliphatic heterocycles. The van der Waals surface area contributed by atoms with Gasteiger partial charge in [0.05, 0.1) is 13.2 Å². The Morgan fingerprint density at radius 1 is 1.33 bits per heavy atom. The van der Waals surface area contributed by atoms with E-state index in [1.165, 1.54) is 0 Å². The van der Waals surface area contributed by atoms with E-state index in [2.05, 4.69) is 4.74 Å².